The van der Waals surface area contributed by atoms with Gasteiger partial charge in [-0.25, -0.2) is 18.5 Å². The predicted octanol–water partition coefficient (Wildman–Crippen LogP) is 5.60. The molecule has 0 aliphatic carbocycles. The number of oxazole rings is 1. The first kappa shape index (κ1) is 25.7. The molecule has 37 heavy (non-hydrogen) atoms. The Kier molecular flexibility index (Phi) is 7.50. The SMILES string of the molecule is COC1(c2cccc(CSc3nc(-c4ccccc4)c(-c4ccc(S(N)(=O)=O)cc4)o3)c2)CCOCC1. The van der Waals surface area contributed by atoms with Crippen molar-refractivity contribution in [2.24, 2.45) is 5.14 Å². The first-order valence-electron chi connectivity index (χ1n) is 11.9. The van der Waals surface area contributed by atoms with Crippen molar-refractivity contribution in [3.63, 3.8) is 0 Å². The largest absolute Gasteiger partial charge is 0.431 e. The van der Waals surface area contributed by atoms with Crippen molar-refractivity contribution in [3.8, 4) is 22.6 Å². The third-order valence-electron chi connectivity index (χ3n) is 6.61. The number of ether oxygens (including phenoxy) is 2. The average molecular weight is 537 g/mol. The summed E-state index contributed by atoms with van der Waals surface area (Å²) in [6, 6.07) is 24.5. The van der Waals surface area contributed by atoms with Crippen LogP contribution in [-0.2, 0) is 30.9 Å². The molecule has 4 aromatic rings. The van der Waals surface area contributed by atoms with Crippen LogP contribution in [0.5, 0.6) is 0 Å². The Morgan fingerprint density at radius 2 is 1.70 bits per heavy atom. The Labute approximate surface area is 221 Å². The zero-order valence-electron chi connectivity index (χ0n) is 20.4. The molecule has 1 aliphatic heterocycles. The number of aromatic nitrogens is 1. The van der Waals surface area contributed by atoms with Gasteiger partial charge in [0.05, 0.1) is 10.5 Å². The highest BCUT2D eigenvalue weighted by Gasteiger charge is 2.34. The van der Waals surface area contributed by atoms with E-state index in [9.17, 15) is 8.42 Å². The topological polar surface area (TPSA) is 105 Å². The molecule has 2 N–H and O–H groups in total. The van der Waals surface area contributed by atoms with Crippen LogP contribution >= 0.6 is 11.8 Å². The highest BCUT2D eigenvalue weighted by Crippen LogP contribution is 2.38. The van der Waals surface area contributed by atoms with Gasteiger partial charge >= 0.3 is 0 Å². The molecule has 0 spiro atoms. The lowest BCUT2D eigenvalue weighted by Crippen LogP contribution is -2.35. The summed E-state index contributed by atoms with van der Waals surface area (Å²) < 4.78 is 41.1. The molecule has 7 nitrogen and oxygen atoms in total. The number of nitrogens with two attached hydrogens (primary N) is 1. The molecule has 2 heterocycles. The van der Waals surface area contributed by atoms with Gasteiger partial charge in [0.2, 0.25) is 10.0 Å². The number of thioether (sulfide) groups is 1. The van der Waals surface area contributed by atoms with Gasteiger partial charge in [0.15, 0.2) is 5.76 Å². The smallest absolute Gasteiger partial charge is 0.257 e. The summed E-state index contributed by atoms with van der Waals surface area (Å²) in [4.78, 5) is 4.84. The summed E-state index contributed by atoms with van der Waals surface area (Å²) in [6.45, 7) is 1.37. The third-order valence-corrected chi connectivity index (χ3v) is 8.43. The molecule has 5 rings (SSSR count). The lowest BCUT2D eigenvalue weighted by Gasteiger charge is -2.36. The minimum Gasteiger partial charge on any atom is -0.431 e. The predicted molar refractivity (Wildman–Crippen MR) is 143 cm³/mol. The van der Waals surface area contributed by atoms with Crippen molar-refractivity contribution in [2.45, 2.75) is 34.3 Å². The Bertz CT molecular complexity index is 1460. The summed E-state index contributed by atoms with van der Waals surface area (Å²) in [5.41, 5.74) is 4.30. The Morgan fingerprint density at radius 1 is 0.973 bits per heavy atom. The molecule has 9 heteroatoms. The van der Waals surface area contributed by atoms with Crippen LogP contribution in [-0.4, -0.2) is 33.7 Å². The second-order valence-electron chi connectivity index (χ2n) is 8.89. The van der Waals surface area contributed by atoms with Gasteiger partial charge < -0.3 is 13.9 Å². The number of hydrogen-bond acceptors (Lipinski definition) is 7. The van der Waals surface area contributed by atoms with Crippen molar-refractivity contribution in [2.75, 3.05) is 20.3 Å². The molecular formula is C28H28N2O5S2. The molecule has 1 aliphatic rings. The maximum absolute atomic E-state index is 11.7. The molecule has 1 aromatic heterocycles. The minimum atomic E-state index is -3.78. The average Bonchev–Trinajstić information content (AvgIpc) is 3.37. The lowest BCUT2D eigenvalue weighted by atomic mass is 9.85. The molecule has 3 aromatic carbocycles. The molecule has 0 bridgehead atoms. The molecule has 192 valence electrons. The third kappa shape index (κ3) is 5.66. The highest BCUT2D eigenvalue weighted by molar-refractivity contribution is 7.98. The Hall–Kier alpha value is -2.95. The van der Waals surface area contributed by atoms with Crippen LogP contribution in [0, 0.1) is 0 Å². The second kappa shape index (κ2) is 10.8. The van der Waals surface area contributed by atoms with Crippen molar-refractivity contribution in [1.29, 1.82) is 0 Å². The lowest BCUT2D eigenvalue weighted by molar-refractivity contribution is -0.0948. The fourth-order valence-corrected chi connectivity index (χ4v) is 5.83. The molecule has 1 saturated heterocycles. The molecular weight excluding hydrogens is 508 g/mol. The summed E-state index contributed by atoms with van der Waals surface area (Å²) in [6.07, 6.45) is 1.65. The van der Waals surface area contributed by atoms with E-state index in [1.54, 1.807) is 19.2 Å². The standard InChI is InChI=1S/C28H28N2O5S2/c1-33-28(14-16-34-17-15-28)23-9-5-6-20(18-23)19-36-27-30-25(21-7-3-2-4-8-21)26(35-27)22-10-12-24(13-11-22)37(29,31)32/h2-13,18H,14-17,19H2,1H3,(H2,29,31,32). The number of methoxy groups -OCH3 is 1. The van der Waals surface area contributed by atoms with E-state index in [1.165, 1.54) is 23.9 Å². The molecule has 0 unspecified atom stereocenters. The van der Waals surface area contributed by atoms with Crippen molar-refractivity contribution in [1.82, 2.24) is 4.98 Å². The summed E-state index contributed by atoms with van der Waals surface area (Å²) >= 11 is 1.51. The van der Waals surface area contributed by atoms with Gasteiger partial charge in [0.25, 0.3) is 5.22 Å². The molecule has 0 atom stereocenters. The highest BCUT2D eigenvalue weighted by atomic mass is 32.2. The number of benzene rings is 3. The van der Waals surface area contributed by atoms with Crippen LogP contribution in [0.15, 0.2) is 93.4 Å². The minimum absolute atomic E-state index is 0.0462. The van der Waals surface area contributed by atoms with E-state index < -0.39 is 10.0 Å². The zero-order chi connectivity index (χ0) is 25.9. The second-order valence-corrected chi connectivity index (χ2v) is 11.4. The maximum atomic E-state index is 11.7. The van der Waals surface area contributed by atoms with Crippen molar-refractivity contribution < 1.29 is 22.3 Å². The Morgan fingerprint density at radius 3 is 2.38 bits per heavy atom. The van der Waals surface area contributed by atoms with Crippen LogP contribution in [0.4, 0.5) is 0 Å². The summed E-state index contributed by atoms with van der Waals surface area (Å²) in [5.74, 6) is 1.24. The molecule has 1 fully saturated rings. The van der Waals surface area contributed by atoms with Crippen LogP contribution in [0.25, 0.3) is 22.6 Å². The van der Waals surface area contributed by atoms with Crippen LogP contribution < -0.4 is 5.14 Å². The number of sulfonamides is 1. The van der Waals surface area contributed by atoms with E-state index in [1.807, 2.05) is 30.3 Å². The monoisotopic (exact) mass is 536 g/mol. The van der Waals surface area contributed by atoms with Crippen molar-refractivity contribution >= 4 is 21.8 Å². The molecule has 0 saturated carbocycles. The van der Waals surface area contributed by atoms with E-state index in [0.717, 1.165) is 29.5 Å². The fourth-order valence-electron chi connectivity index (χ4n) is 4.55. The fraction of sp³-hybridized carbons (Fsp3) is 0.250. The first-order valence-corrected chi connectivity index (χ1v) is 14.5. The van der Waals surface area contributed by atoms with E-state index >= 15 is 0 Å². The van der Waals surface area contributed by atoms with Crippen LogP contribution in [0.2, 0.25) is 0 Å². The van der Waals surface area contributed by atoms with E-state index in [0.29, 0.717) is 41.2 Å². The van der Waals surface area contributed by atoms with E-state index in [2.05, 4.69) is 24.3 Å². The van der Waals surface area contributed by atoms with Gasteiger partial charge in [0, 0.05) is 50.0 Å². The normalized spacial score (nSPS) is 15.5. The van der Waals surface area contributed by atoms with Gasteiger partial charge in [-0.15, -0.1) is 0 Å². The quantitative estimate of drug-likeness (QED) is 0.292. The molecule has 0 radical (unpaired) electrons. The summed E-state index contributed by atoms with van der Waals surface area (Å²) in [5, 5.41) is 5.79. The summed E-state index contributed by atoms with van der Waals surface area (Å²) in [7, 11) is -2.02. The van der Waals surface area contributed by atoms with Gasteiger partial charge in [0.1, 0.15) is 5.69 Å². The van der Waals surface area contributed by atoms with Crippen LogP contribution in [0.1, 0.15) is 24.0 Å². The zero-order valence-corrected chi connectivity index (χ0v) is 22.1. The maximum Gasteiger partial charge on any atom is 0.257 e. The van der Waals surface area contributed by atoms with Gasteiger partial charge in [-0.05, 0) is 35.4 Å². The molecule has 0 amide bonds. The van der Waals surface area contributed by atoms with Crippen molar-refractivity contribution in [3.05, 3.63) is 90.0 Å². The van der Waals surface area contributed by atoms with E-state index in [-0.39, 0.29) is 10.5 Å². The first-order chi connectivity index (χ1) is 17.9. The number of nitrogens with zero attached hydrogens (tertiary/aromatic N) is 1. The van der Waals surface area contributed by atoms with Gasteiger partial charge in [-0.3, -0.25) is 0 Å². The van der Waals surface area contributed by atoms with E-state index in [4.69, 9.17) is 24.0 Å². The van der Waals surface area contributed by atoms with Gasteiger partial charge in [-0.2, -0.15) is 0 Å². The van der Waals surface area contributed by atoms with Crippen LogP contribution in [0.3, 0.4) is 0 Å². The Balaban J connectivity index is 1.42. The van der Waals surface area contributed by atoms with Gasteiger partial charge in [-0.1, -0.05) is 66.4 Å². The number of rotatable bonds is 8. The number of hydrogen-bond donors (Lipinski definition) is 1. The number of primary sulfonamides is 1.